The first-order chi connectivity index (χ1) is 9.56. The average molecular weight is 390 g/mol. The summed E-state index contributed by atoms with van der Waals surface area (Å²) in [6.45, 7) is 1.08. The Bertz CT molecular complexity index is 492. The van der Waals surface area contributed by atoms with Gasteiger partial charge in [0.1, 0.15) is 0 Å². The van der Waals surface area contributed by atoms with Crippen molar-refractivity contribution in [2.45, 2.75) is 12.5 Å². The van der Waals surface area contributed by atoms with Gasteiger partial charge in [-0.2, -0.15) is 0 Å². The lowest BCUT2D eigenvalue weighted by Crippen LogP contribution is -2.51. The van der Waals surface area contributed by atoms with Gasteiger partial charge in [0, 0.05) is 15.8 Å². The molecular weight excluding hydrogens is 375 g/mol. The van der Waals surface area contributed by atoms with Crippen LogP contribution in [-0.4, -0.2) is 47.8 Å². The van der Waals surface area contributed by atoms with Gasteiger partial charge in [-0.1, -0.05) is 0 Å². The first kappa shape index (κ1) is 15.0. The maximum Gasteiger partial charge on any atom is 0.322 e. The molecule has 0 spiro atoms. The summed E-state index contributed by atoms with van der Waals surface area (Å²) in [4.78, 5) is 24.5. The Labute approximate surface area is 130 Å². The Morgan fingerprint density at radius 3 is 2.75 bits per heavy atom. The van der Waals surface area contributed by atoms with Gasteiger partial charge in [0.25, 0.3) is 0 Å². The quantitative estimate of drug-likeness (QED) is 0.774. The Balaban J connectivity index is 2.01. The maximum atomic E-state index is 12.2. The van der Waals surface area contributed by atoms with E-state index in [1.54, 1.807) is 0 Å². The van der Waals surface area contributed by atoms with E-state index in [4.69, 9.17) is 9.84 Å². The Morgan fingerprint density at radius 2 is 2.10 bits per heavy atom. The van der Waals surface area contributed by atoms with E-state index in [1.807, 2.05) is 24.3 Å². The largest absolute Gasteiger partial charge is 0.481 e. The molecule has 1 aliphatic rings. The van der Waals surface area contributed by atoms with Crippen LogP contribution < -0.4 is 5.32 Å². The zero-order valence-electron chi connectivity index (χ0n) is 10.7. The van der Waals surface area contributed by atoms with Crippen molar-refractivity contribution < 1.29 is 19.4 Å². The summed E-state index contributed by atoms with van der Waals surface area (Å²) in [7, 11) is 0. The fraction of sp³-hybridized carbons (Fsp3) is 0.385. The second kappa shape index (κ2) is 6.89. The Morgan fingerprint density at radius 1 is 1.40 bits per heavy atom. The molecular formula is C13H15IN2O4. The van der Waals surface area contributed by atoms with Crippen molar-refractivity contribution in [3.8, 4) is 0 Å². The number of aliphatic carboxylic acids is 1. The number of halogens is 1. The number of hydrogen-bond donors (Lipinski definition) is 2. The molecule has 0 radical (unpaired) electrons. The molecule has 1 aromatic carbocycles. The van der Waals surface area contributed by atoms with E-state index in [0.29, 0.717) is 18.8 Å². The number of carbonyl (C=O) groups excluding carboxylic acids is 1. The van der Waals surface area contributed by atoms with Crippen LogP contribution in [0.4, 0.5) is 10.5 Å². The zero-order valence-corrected chi connectivity index (χ0v) is 12.9. The number of morpholine rings is 1. The van der Waals surface area contributed by atoms with E-state index in [-0.39, 0.29) is 19.1 Å². The molecule has 1 aromatic rings. The first-order valence-electron chi connectivity index (χ1n) is 6.19. The highest BCUT2D eigenvalue weighted by Crippen LogP contribution is 2.15. The van der Waals surface area contributed by atoms with E-state index in [2.05, 4.69) is 27.9 Å². The van der Waals surface area contributed by atoms with Crippen LogP contribution in [0.2, 0.25) is 0 Å². The van der Waals surface area contributed by atoms with Crippen molar-refractivity contribution >= 4 is 40.3 Å². The molecule has 0 aliphatic carbocycles. The SMILES string of the molecule is O=C(O)CC1COCCN1C(=O)Nc1ccc(I)cc1. The third-order valence-corrected chi connectivity index (χ3v) is 3.71. The lowest BCUT2D eigenvalue weighted by atomic mass is 10.1. The van der Waals surface area contributed by atoms with Crippen molar-refractivity contribution in [3.05, 3.63) is 27.8 Å². The number of benzene rings is 1. The lowest BCUT2D eigenvalue weighted by Gasteiger charge is -2.34. The number of carboxylic acids is 1. The minimum Gasteiger partial charge on any atom is -0.481 e. The minimum atomic E-state index is -0.937. The van der Waals surface area contributed by atoms with Crippen molar-refractivity contribution in [1.82, 2.24) is 4.90 Å². The lowest BCUT2D eigenvalue weighted by molar-refractivity contribution is -0.139. The number of hydrogen-bond acceptors (Lipinski definition) is 3. The van der Waals surface area contributed by atoms with Crippen LogP contribution >= 0.6 is 22.6 Å². The number of ether oxygens (including phenoxy) is 1. The summed E-state index contributed by atoms with van der Waals surface area (Å²) >= 11 is 2.18. The van der Waals surface area contributed by atoms with Crippen LogP contribution in [-0.2, 0) is 9.53 Å². The van der Waals surface area contributed by atoms with Gasteiger partial charge in [0.05, 0.1) is 25.7 Å². The number of nitrogens with one attached hydrogen (secondary N) is 1. The van der Waals surface area contributed by atoms with Gasteiger partial charge in [0.15, 0.2) is 0 Å². The van der Waals surface area contributed by atoms with E-state index >= 15 is 0 Å². The molecule has 1 heterocycles. The normalized spacial score (nSPS) is 18.6. The standard InChI is InChI=1S/C13H15IN2O4/c14-9-1-3-10(4-2-9)15-13(19)16-5-6-20-8-11(16)7-12(17)18/h1-4,11H,5-8H2,(H,15,19)(H,17,18). The molecule has 0 bridgehead atoms. The number of anilines is 1. The van der Waals surface area contributed by atoms with Gasteiger partial charge in [-0.05, 0) is 46.9 Å². The Kier molecular flexibility index (Phi) is 5.18. The molecule has 0 saturated carbocycles. The number of rotatable bonds is 3. The number of nitrogens with zero attached hydrogens (tertiary/aromatic N) is 1. The van der Waals surface area contributed by atoms with Gasteiger partial charge < -0.3 is 20.1 Å². The van der Waals surface area contributed by atoms with Crippen molar-refractivity contribution in [1.29, 1.82) is 0 Å². The number of amides is 2. The summed E-state index contributed by atoms with van der Waals surface area (Å²) < 4.78 is 6.32. The molecule has 108 valence electrons. The monoisotopic (exact) mass is 390 g/mol. The minimum absolute atomic E-state index is 0.111. The highest BCUT2D eigenvalue weighted by atomic mass is 127. The van der Waals surface area contributed by atoms with Crippen LogP contribution in [0.3, 0.4) is 0 Å². The van der Waals surface area contributed by atoms with Gasteiger partial charge >= 0.3 is 12.0 Å². The molecule has 2 amide bonds. The molecule has 6 nitrogen and oxygen atoms in total. The molecule has 1 aliphatic heterocycles. The molecule has 1 fully saturated rings. The summed E-state index contributed by atoms with van der Waals surface area (Å²) in [6.07, 6.45) is -0.111. The number of carboxylic acid groups (broad SMARTS) is 1. The van der Waals surface area contributed by atoms with Crippen LogP contribution in [0.5, 0.6) is 0 Å². The van der Waals surface area contributed by atoms with Crippen LogP contribution in [0.1, 0.15) is 6.42 Å². The van der Waals surface area contributed by atoms with Gasteiger partial charge in [-0.15, -0.1) is 0 Å². The Hall–Kier alpha value is -1.35. The summed E-state index contributed by atoms with van der Waals surface area (Å²) in [6, 6.07) is 6.69. The van der Waals surface area contributed by atoms with E-state index < -0.39 is 12.0 Å². The second-order valence-electron chi connectivity index (χ2n) is 4.46. The van der Waals surface area contributed by atoms with Crippen LogP contribution in [0, 0.1) is 3.57 Å². The fourth-order valence-electron chi connectivity index (χ4n) is 2.02. The number of carbonyl (C=O) groups is 2. The molecule has 1 saturated heterocycles. The van der Waals surface area contributed by atoms with Crippen molar-refractivity contribution in [2.24, 2.45) is 0 Å². The smallest absolute Gasteiger partial charge is 0.322 e. The fourth-order valence-corrected chi connectivity index (χ4v) is 2.38. The van der Waals surface area contributed by atoms with Gasteiger partial charge in [-0.25, -0.2) is 4.79 Å². The third-order valence-electron chi connectivity index (χ3n) is 2.99. The molecule has 1 atom stereocenters. The van der Waals surface area contributed by atoms with E-state index in [0.717, 1.165) is 3.57 Å². The predicted octanol–water partition coefficient (Wildman–Crippen LogP) is 2.00. The summed E-state index contributed by atoms with van der Waals surface area (Å²) in [5.41, 5.74) is 0.691. The van der Waals surface area contributed by atoms with E-state index in [9.17, 15) is 9.59 Å². The van der Waals surface area contributed by atoms with Crippen LogP contribution in [0.25, 0.3) is 0 Å². The van der Waals surface area contributed by atoms with Gasteiger partial charge in [0.2, 0.25) is 0 Å². The molecule has 2 N–H and O–H groups in total. The molecule has 7 heteroatoms. The maximum absolute atomic E-state index is 12.2. The number of urea groups is 1. The predicted molar refractivity (Wildman–Crippen MR) is 81.7 cm³/mol. The zero-order chi connectivity index (χ0) is 14.5. The molecule has 2 rings (SSSR count). The third kappa shape index (κ3) is 4.07. The topological polar surface area (TPSA) is 78.9 Å². The van der Waals surface area contributed by atoms with Crippen LogP contribution in [0.15, 0.2) is 24.3 Å². The second-order valence-corrected chi connectivity index (χ2v) is 5.70. The van der Waals surface area contributed by atoms with Gasteiger partial charge in [-0.3, -0.25) is 4.79 Å². The van der Waals surface area contributed by atoms with Crippen molar-refractivity contribution in [3.63, 3.8) is 0 Å². The van der Waals surface area contributed by atoms with E-state index in [1.165, 1.54) is 4.90 Å². The first-order valence-corrected chi connectivity index (χ1v) is 7.27. The summed E-state index contributed by atoms with van der Waals surface area (Å²) in [5.74, 6) is -0.937. The highest BCUT2D eigenvalue weighted by Gasteiger charge is 2.29. The molecule has 20 heavy (non-hydrogen) atoms. The van der Waals surface area contributed by atoms with Crippen molar-refractivity contribution in [2.75, 3.05) is 25.1 Å². The average Bonchev–Trinajstić information content (AvgIpc) is 2.41. The molecule has 1 unspecified atom stereocenters. The highest BCUT2D eigenvalue weighted by molar-refractivity contribution is 14.1. The summed E-state index contributed by atoms with van der Waals surface area (Å²) in [5, 5.41) is 11.6. The molecule has 0 aromatic heterocycles.